The van der Waals surface area contributed by atoms with Gasteiger partial charge in [0.2, 0.25) is 0 Å². The lowest BCUT2D eigenvalue weighted by molar-refractivity contribution is 0.102. The number of amides is 1. The van der Waals surface area contributed by atoms with Crippen LogP contribution in [0.25, 0.3) is 0 Å². The quantitative estimate of drug-likeness (QED) is 0.621. The number of rotatable bonds is 5. The van der Waals surface area contributed by atoms with E-state index < -0.39 is 0 Å². The lowest BCUT2D eigenvalue weighted by Gasteiger charge is -2.12. The summed E-state index contributed by atoms with van der Waals surface area (Å²) in [5.74, 6) is 0.459. The van der Waals surface area contributed by atoms with Crippen molar-refractivity contribution in [1.82, 2.24) is 0 Å². The summed E-state index contributed by atoms with van der Waals surface area (Å²) in [6.07, 6.45) is 0. The summed E-state index contributed by atoms with van der Waals surface area (Å²) in [5.41, 5.74) is 4.46. The Morgan fingerprint density at radius 3 is 2.58 bits per heavy atom. The third-order valence-corrected chi connectivity index (χ3v) is 4.67. The highest BCUT2D eigenvalue weighted by atomic mass is 35.5. The molecule has 0 heterocycles. The minimum absolute atomic E-state index is 0.165. The highest BCUT2D eigenvalue weighted by Gasteiger charge is 2.10. The second-order valence-electron chi connectivity index (χ2n) is 6.11. The predicted octanol–water partition coefficient (Wildman–Crippen LogP) is 5.79. The molecule has 0 radical (unpaired) electrons. The standard InChI is InChI=1S/C22H20ClNO2/c1-15-7-5-12-21(16(15)2)24-22(25)17-9-6-10-19(13-17)26-14-18-8-3-4-11-20(18)23/h3-13H,14H2,1-2H3,(H,24,25). The third-order valence-electron chi connectivity index (χ3n) is 4.30. The maximum absolute atomic E-state index is 12.6. The number of nitrogens with one attached hydrogen (secondary N) is 1. The van der Waals surface area contributed by atoms with Gasteiger partial charge in [-0.05, 0) is 55.3 Å². The Balaban J connectivity index is 1.71. The zero-order chi connectivity index (χ0) is 18.5. The first-order valence-corrected chi connectivity index (χ1v) is 8.76. The fourth-order valence-corrected chi connectivity index (χ4v) is 2.77. The molecule has 132 valence electrons. The number of hydrogen-bond donors (Lipinski definition) is 1. The molecule has 4 heteroatoms. The molecule has 3 nitrogen and oxygen atoms in total. The molecule has 0 aliphatic rings. The van der Waals surface area contributed by atoms with E-state index in [1.54, 1.807) is 18.2 Å². The number of carbonyl (C=O) groups is 1. The van der Waals surface area contributed by atoms with Crippen LogP contribution in [0.3, 0.4) is 0 Å². The molecule has 0 bridgehead atoms. The summed E-state index contributed by atoms with van der Waals surface area (Å²) in [6, 6.07) is 20.5. The van der Waals surface area contributed by atoms with Crippen LogP contribution in [-0.4, -0.2) is 5.91 Å². The molecule has 3 rings (SSSR count). The first-order chi connectivity index (χ1) is 12.5. The van der Waals surface area contributed by atoms with Crippen molar-refractivity contribution in [3.05, 3.63) is 94.0 Å². The number of aryl methyl sites for hydroxylation is 1. The summed E-state index contributed by atoms with van der Waals surface area (Å²) < 4.78 is 5.79. The Morgan fingerprint density at radius 1 is 1.00 bits per heavy atom. The van der Waals surface area contributed by atoms with E-state index >= 15 is 0 Å². The van der Waals surface area contributed by atoms with Crippen molar-refractivity contribution >= 4 is 23.2 Å². The third kappa shape index (κ3) is 4.24. The van der Waals surface area contributed by atoms with Crippen LogP contribution in [0.2, 0.25) is 5.02 Å². The van der Waals surface area contributed by atoms with Gasteiger partial charge in [0.1, 0.15) is 12.4 Å². The zero-order valence-corrected chi connectivity index (χ0v) is 15.5. The van der Waals surface area contributed by atoms with Crippen LogP contribution in [-0.2, 0) is 6.61 Å². The molecule has 0 aliphatic carbocycles. The van der Waals surface area contributed by atoms with E-state index in [-0.39, 0.29) is 5.91 Å². The first kappa shape index (κ1) is 18.0. The Morgan fingerprint density at radius 2 is 1.77 bits per heavy atom. The number of anilines is 1. The van der Waals surface area contributed by atoms with E-state index in [4.69, 9.17) is 16.3 Å². The van der Waals surface area contributed by atoms with Gasteiger partial charge in [-0.25, -0.2) is 0 Å². The fraction of sp³-hybridized carbons (Fsp3) is 0.136. The molecule has 3 aromatic carbocycles. The largest absolute Gasteiger partial charge is 0.489 e. The van der Waals surface area contributed by atoms with Gasteiger partial charge < -0.3 is 10.1 Å². The second-order valence-corrected chi connectivity index (χ2v) is 6.52. The number of hydrogen-bond acceptors (Lipinski definition) is 2. The van der Waals surface area contributed by atoms with Crippen molar-refractivity contribution in [3.63, 3.8) is 0 Å². The summed E-state index contributed by atoms with van der Waals surface area (Å²) in [5, 5.41) is 3.63. The maximum Gasteiger partial charge on any atom is 0.255 e. The van der Waals surface area contributed by atoms with Crippen LogP contribution in [0.15, 0.2) is 66.7 Å². The van der Waals surface area contributed by atoms with E-state index in [2.05, 4.69) is 5.32 Å². The van der Waals surface area contributed by atoms with Gasteiger partial charge in [0, 0.05) is 21.8 Å². The molecule has 0 aliphatic heterocycles. The smallest absolute Gasteiger partial charge is 0.255 e. The van der Waals surface area contributed by atoms with E-state index in [0.29, 0.717) is 22.9 Å². The van der Waals surface area contributed by atoms with Crippen LogP contribution in [0.5, 0.6) is 5.75 Å². The number of benzene rings is 3. The molecular formula is C22H20ClNO2. The lowest BCUT2D eigenvalue weighted by Crippen LogP contribution is -2.13. The van der Waals surface area contributed by atoms with Gasteiger partial charge >= 0.3 is 0 Å². The van der Waals surface area contributed by atoms with Crippen LogP contribution in [0.1, 0.15) is 27.0 Å². The molecule has 3 aromatic rings. The van der Waals surface area contributed by atoms with Gasteiger partial charge in [-0.2, -0.15) is 0 Å². The van der Waals surface area contributed by atoms with Crippen molar-refractivity contribution in [3.8, 4) is 5.75 Å². The minimum atomic E-state index is -0.165. The van der Waals surface area contributed by atoms with Crippen molar-refractivity contribution < 1.29 is 9.53 Å². The maximum atomic E-state index is 12.6. The van der Waals surface area contributed by atoms with Gasteiger partial charge in [0.15, 0.2) is 0 Å². The van der Waals surface area contributed by atoms with Crippen molar-refractivity contribution in [1.29, 1.82) is 0 Å². The molecule has 26 heavy (non-hydrogen) atoms. The molecule has 0 fully saturated rings. The number of halogens is 1. The van der Waals surface area contributed by atoms with Gasteiger partial charge in [0.05, 0.1) is 0 Å². The molecule has 1 N–H and O–H groups in total. The lowest BCUT2D eigenvalue weighted by atomic mass is 10.1. The number of ether oxygens (including phenoxy) is 1. The molecule has 0 saturated heterocycles. The highest BCUT2D eigenvalue weighted by molar-refractivity contribution is 6.31. The van der Waals surface area contributed by atoms with Gasteiger partial charge in [-0.1, -0.05) is 48.0 Å². The van der Waals surface area contributed by atoms with Gasteiger partial charge in [0.25, 0.3) is 5.91 Å². The van der Waals surface area contributed by atoms with Gasteiger partial charge in [-0.3, -0.25) is 4.79 Å². The average Bonchev–Trinajstić information content (AvgIpc) is 2.65. The molecule has 0 spiro atoms. The van der Waals surface area contributed by atoms with E-state index in [1.807, 2.05) is 62.4 Å². The minimum Gasteiger partial charge on any atom is -0.489 e. The molecule has 0 atom stereocenters. The Hall–Kier alpha value is -2.78. The highest BCUT2D eigenvalue weighted by Crippen LogP contribution is 2.22. The fourth-order valence-electron chi connectivity index (χ4n) is 2.58. The molecule has 1 amide bonds. The van der Waals surface area contributed by atoms with E-state index in [0.717, 1.165) is 22.4 Å². The summed E-state index contributed by atoms with van der Waals surface area (Å²) in [7, 11) is 0. The van der Waals surface area contributed by atoms with Gasteiger partial charge in [-0.15, -0.1) is 0 Å². The first-order valence-electron chi connectivity index (χ1n) is 8.38. The zero-order valence-electron chi connectivity index (χ0n) is 14.8. The predicted molar refractivity (Wildman–Crippen MR) is 106 cm³/mol. The molecule has 0 aromatic heterocycles. The van der Waals surface area contributed by atoms with Crippen LogP contribution < -0.4 is 10.1 Å². The monoisotopic (exact) mass is 365 g/mol. The summed E-state index contributed by atoms with van der Waals surface area (Å²) in [4.78, 5) is 12.6. The number of carbonyl (C=O) groups excluding carboxylic acids is 1. The Kier molecular flexibility index (Phi) is 5.59. The topological polar surface area (TPSA) is 38.3 Å². The van der Waals surface area contributed by atoms with Crippen molar-refractivity contribution in [2.24, 2.45) is 0 Å². The Labute approximate surface area is 158 Å². The van der Waals surface area contributed by atoms with Crippen LogP contribution in [0.4, 0.5) is 5.69 Å². The second kappa shape index (κ2) is 8.07. The normalized spacial score (nSPS) is 10.4. The van der Waals surface area contributed by atoms with Crippen LogP contribution >= 0.6 is 11.6 Å². The SMILES string of the molecule is Cc1cccc(NC(=O)c2cccc(OCc3ccccc3Cl)c2)c1C. The molecule has 0 unspecified atom stereocenters. The molecular weight excluding hydrogens is 346 g/mol. The van der Waals surface area contributed by atoms with Crippen molar-refractivity contribution in [2.75, 3.05) is 5.32 Å². The summed E-state index contributed by atoms with van der Waals surface area (Å²) in [6.45, 7) is 4.37. The molecule has 0 saturated carbocycles. The van der Waals surface area contributed by atoms with E-state index in [1.165, 1.54) is 0 Å². The summed E-state index contributed by atoms with van der Waals surface area (Å²) >= 11 is 6.15. The van der Waals surface area contributed by atoms with E-state index in [9.17, 15) is 4.79 Å². The van der Waals surface area contributed by atoms with Crippen molar-refractivity contribution in [2.45, 2.75) is 20.5 Å². The van der Waals surface area contributed by atoms with Crippen LogP contribution in [0, 0.1) is 13.8 Å². The average molecular weight is 366 g/mol. The Bertz CT molecular complexity index is 937.